The molecule has 0 radical (unpaired) electrons. The van der Waals surface area contributed by atoms with Crippen LogP contribution in [0, 0.1) is 0 Å². The van der Waals surface area contributed by atoms with Crippen LogP contribution in [0.15, 0.2) is 29.9 Å². The van der Waals surface area contributed by atoms with Gasteiger partial charge in [0.15, 0.2) is 5.13 Å². The first-order chi connectivity index (χ1) is 9.15. The first-order valence-electron chi connectivity index (χ1n) is 5.98. The third kappa shape index (κ3) is 4.03. The fourth-order valence-electron chi connectivity index (χ4n) is 1.66. The normalized spacial score (nSPS) is 10.4. The molecular weight excluding hydrogens is 260 g/mol. The predicted octanol–water partition coefficient (Wildman–Crippen LogP) is 1.36. The zero-order valence-corrected chi connectivity index (χ0v) is 11.6. The highest BCUT2D eigenvalue weighted by Crippen LogP contribution is 2.12. The van der Waals surface area contributed by atoms with Crippen LogP contribution in [0.4, 0.5) is 5.13 Å². The lowest BCUT2D eigenvalue weighted by Gasteiger charge is -2.16. The Morgan fingerprint density at radius 1 is 1.42 bits per heavy atom. The average molecular weight is 276 g/mol. The number of amides is 1. The number of thiazole rings is 1. The number of hydrogen-bond donors (Lipinski definition) is 1. The minimum absolute atomic E-state index is 0.0550. The van der Waals surface area contributed by atoms with Crippen LogP contribution in [0.2, 0.25) is 0 Å². The molecule has 2 aromatic heterocycles. The summed E-state index contributed by atoms with van der Waals surface area (Å²) in [5.74, 6) is 0.0550. The van der Waals surface area contributed by atoms with Crippen molar-refractivity contribution in [2.45, 2.75) is 12.8 Å². The van der Waals surface area contributed by atoms with E-state index in [1.165, 1.54) is 16.9 Å². The van der Waals surface area contributed by atoms with Gasteiger partial charge in [0.25, 0.3) is 0 Å². The zero-order chi connectivity index (χ0) is 13.7. The van der Waals surface area contributed by atoms with Gasteiger partial charge in [-0.25, -0.2) is 4.98 Å². The lowest BCUT2D eigenvalue weighted by atomic mass is 10.2. The fraction of sp³-hybridized carbons (Fsp3) is 0.308. The second-order valence-electron chi connectivity index (χ2n) is 4.27. The van der Waals surface area contributed by atoms with Crippen molar-refractivity contribution in [3.05, 3.63) is 41.2 Å². The maximum absolute atomic E-state index is 12.0. The molecule has 2 rings (SSSR count). The summed E-state index contributed by atoms with van der Waals surface area (Å²) in [4.78, 5) is 21.8. The van der Waals surface area contributed by atoms with Crippen molar-refractivity contribution in [3.63, 3.8) is 0 Å². The Labute approximate surface area is 116 Å². The van der Waals surface area contributed by atoms with Gasteiger partial charge in [-0.15, -0.1) is 11.3 Å². The SMILES string of the molecule is CN(CCc1ccncc1)C(=O)Cc1csc(N)n1. The van der Waals surface area contributed by atoms with Crippen LogP contribution in [-0.4, -0.2) is 34.4 Å². The van der Waals surface area contributed by atoms with Gasteiger partial charge in [-0.3, -0.25) is 9.78 Å². The maximum atomic E-state index is 12.0. The number of anilines is 1. The molecule has 19 heavy (non-hydrogen) atoms. The number of nitrogen functional groups attached to an aromatic ring is 1. The van der Waals surface area contributed by atoms with Crippen molar-refractivity contribution in [3.8, 4) is 0 Å². The van der Waals surface area contributed by atoms with Crippen LogP contribution in [0.25, 0.3) is 0 Å². The highest BCUT2D eigenvalue weighted by molar-refractivity contribution is 7.13. The van der Waals surface area contributed by atoms with Crippen molar-refractivity contribution in [2.75, 3.05) is 19.3 Å². The van der Waals surface area contributed by atoms with Crippen LogP contribution >= 0.6 is 11.3 Å². The molecule has 5 nitrogen and oxygen atoms in total. The molecule has 0 aromatic carbocycles. The molecule has 2 heterocycles. The van der Waals surface area contributed by atoms with Gasteiger partial charge in [-0.05, 0) is 24.1 Å². The first kappa shape index (κ1) is 13.5. The standard InChI is InChI=1S/C13H16N4OS/c1-17(7-4-10-2-5-15-6-3-10)12(18)8-11-9-19-13(14)16-11/h2-3,5-6,9H,4,7-8H2,1H3,(H2,14,16). The van der Waals surface area contributed by atoms with Gasteiger partial charge < -0.3 is 10.6 Å². The number of nitrogens with two attached hydrogens (primary N) is 1. The molecule has 0 spiro atoms. The molecule has 6 heteroatoms. The second kappa shape index (κ2) is 6.29. The van der Waals surface area contributed by atoms with Crippen molar-refractivity contribution < 1.29 is 4.79 Å². The summed E-state index contributed by atoms with van der Waals surface area (Å²) in [7, 11) is 1.80. The molecule has 100 valence electrons. The molecular formula is C13H16N4OS. The Hall–Kier alpha value is -1.95. The summed E-state index contributed by atoms with van der Waals surface area (Å²) >= 11 is 1.36. The monoisotopic (exact) mass is 276 g/mol. The number of nitrogens with zero attached hydrogens (tertiary/aromatic N) is 3. The van der Waals surface area contributed by atoms with Gasteiger partial charge in [0, 0.05) is 31.4 Å². The molecule has 0 aliphatic heterocycles. The van der Waals surface area contributed by atoms with Gasteiger partial charge in [-0.1, -0.05) is 0 Å². The third-order valence-corrected chi connectivity index (χ3v) is 3.54. The Morgan fingerprint density at radius 2 is 2.16 bits per heavy atom. The smallest absolute Gasteiger partial charge is 0.228 e. The lowest BCUT2D eigenvalue weighted by Crippen LogP contribution is -2.30. The molecule has 0 unspecified atom stereocenters. The van der Waals surface area contributed by atoms with E-state index < -0.39 is 0 Å². The molecule has 2 aromatic rings. The molecule has 0 aliphatic rings. The van der Waals surface area contributed by atoms with E-state index in [2.05, 4.69) is 9.97 Å². The molecule has 0 saturated heterocycles. The fourth-order valence-corrected chi connectivity index (χ4v) is 2.23. The highest BCUT2D eigenvalue weighted by atomic mass is 32.1. The van der Waals surface area contributed by atoms with Crippen LogP contribution in [-0.2, 0) is 17.6 Å². The number of rotatable bonds is 5. The van der Waals surface area contributed by atoms with E-state index in [0.717, 1.165) is 12.1 Å². The van der Waals surface area contributed by atoms with E-state index in [1.54, 1.807) is 24.3 Å². The molecule has 0 atom stereocenters. The number of pyridine rings is 1. The van der Waals surface area contributed by atoms with E-state index in [0.29, 0.717) is 18.1 Å². The van der Waals surface area contributed by atoms with Crippen LogP contribution in [0.5, 0.6) is 0 Å². The Kier molecular flexibility index (Phi) is 4.46. The topological polar surface area (TPSA) is 72.1 Å². The second-order valence-corrected chi connectivity index (χ2v) is 5.16. The molecule has 1 amide bonds. The van der Waals surface area contributed by atoms with Crippen LogP contribution in [0.3, 0.4) is 0 Å². The Bertz CT molecular complexity index is 541. The molecule has 2 N–H and O–H groups in total. The summed E-state index contributed by atoms with van der Waals surface area (Å²) in [5, 5.41) is 2.33. The number of carbonyl (C=O) groups is 1. The van der Waals surface area contributed by atoms with E-state index in [-0.39, 0.29) is 5.91 Å². The average Bonchev–Trinajstić information content (AvgIpc) is 2.82. The van der Waals surface area contributed by atoms with E-state index in [9.17, 15) is 4.79 Å². The highest BCUT2D eigenvalue weighted by Gasteiger charge is 2.11. The van der Waals surface area contributed by atoms with Crippen molar-refractivity contribution in [1.29, 1.82) is 0 Å². The van der Waals surface area contributed by atoms with Crippen molar-refractivity contribution in [2.24, 2.45) is 0 Å². The summed E-state index contributed by atoms with van der Waals surface area (Å²) in [5.41, 5.74) is 7.45. The summed E-state index contributed by atoms with van der Waals surface area (Å²) in [6.07, 6.45) is 4.65. The van der Waals surface area contributed by atoms with Gasteiger partial charge in [-0.2, -0.15) is 0 Å². The van der Waals surface area contributed by atoms with E-state index in [1.807, 2.05) is 17.5 Å². The van der Waals surface area contributed by atoms with Gasteiger partial charge >= 0.3 is 0 Å². The van der Waals surface area contributed by atoms with Gasteiger partial charge in [0.1, 0.15) is 0 Å². The van der Waals surface area contributed by atoms with Gasteiger partial charge in [0.05, 0.1) is 12.1 Å². The minimum atomic E-state index is 0.0550. The quantitative estimate of drug-likeness (QED) is 0.895. The first-order valence-corrected chi connectivity index (χ1v) is 6.86. The summed E-state index contributed by atoms with van der Waals surface area (Å²) in [6, 6.07) is 3.92. The molecule has 0 fully saturated rings. The predicted molar refractivity (Wildman–Crippen MR) is 75.8 cm³/mol. The summed E-state index contributed by atoms with van der Waals surface area (Å²) in [6.45, 7) is 0.683. The third-order valence-electron chi connectivity index (χ3n) is 2.81. The number of carbonyl (C=O) groups excluding carboxylic acids is 1. The van der Waals surface area contributed by atoms with E-state index >= 15 is 0 Å². The number of hydrogen-bond acceptors (Lipinski definition) is 5. The van der Waals surface area contributed by atoms with Crippen LogP contribution in [0.1, 0.15) is 11.3 Å². The Balaban J connectivity index is 1.82. The van der Waals surface area contributed by atoms with Gasteiger partial charge in [0.2, 0.25) is 5.91 Å². The van der Waals surface area contributed by atoms with Crippen LogP contribution < -0.4 is 5.73 Å². The number of likely N-dealkylation sites (N-methyl/N-ethyl adjacent to an activating group) is 1. The minimum Gasteiger partial charge on any atom is -0.375 e. The Morgan fingerprint density at radius 3 is 2.79 bits per heavy atom. The largest absolute Gasteiger partial charge is 0.375 e. The molecule has 0 bridgehead atoms. The van der Waals surface area contributed by atoms with E-state index in [4.69, 9.17) is 5.73 Å². The molecule has 0 saturated carbocycles. The molecule has 0 aliphatic carbocycles. The zero-order valence-electron chi connectivity index (χ0n) is 10.7. The van der Waals surface area contributed by atoms with Crippen molar-refractivity contribution >= 4 is 22.4 Å². The van der Waals surface area contributed by atoms with Crippen molar-refractivity contribution in [1.82, 2.24) is 14.9 Å². The maximum Gasteiger partial charge on any atom is 0.228 e. The lowest BCUT2D eigenvalue weighted by molar-refractivity contribution is -0.129. The summed E-state index contributed by atoms with van der Waals surface area (Å²) < 4.78 is 0. The number of aromatic nitrogens is 2.